The zero-order valence-electron chi connectivity index (χ0n) is 17.1. The Balaban J connectivity index is 1.89. The van der Waals surface area contributed by atoms with Crippen molar-refractivity contribution < 1.29 is 33.3 Å². The number of cyclic esters (lactones) is 1. The van der Waals surface area contributed by atoms with Gasteiger partial charge in [-0.25, -0.2) is 14.6 Å². The number of aliphatic imine (C=N–C) groups is 1. The van der Waals surface area contributed by atoms with Crippen molar-refractivity contribution in [2.45, 2.75) is 6.92 Å². The third-order valence-corrected chi connectivity index (χ3v) is 4.44. The highest BCUT2D eigenvalue weighted by Gasteiger charge is 2.24. The number of halogens is 1. The van der Waals surface area contributed by atoms with Crippen LogP contribution in [0.5, 0.6) is 17.2 Å². The van der Waals surface area contributed by atoms with Gasteiger partial charge in [0.05, 0.1) is 25.8 Å². The fourth-order valence-electron chi connectivity index (χ4n) is 2.69. The number of benzene rings is 2. The van der Waals surface area contributed by atoms with Gasteiger partial charge in [0.15, 0.2) is 23.8 Å². The van der Waals surface area contributed by atoms with Crippen molar-refractivity contribution in [3.8, 4) is 17.2 Å². The first-order valence-electron chi connectivity index (χ1n) is 9.28. The molecule has 9 heteroatoms. The summed E-state index contributed by atoms with van der Waals surface area (Å²) in [6.45, 7) is 1.81. The predicted molar refractivity (Wildman–Crippen MR) is 114 cm³/mol. The number of rotatable bonds is 8. The van der Waals surface area contributed by atoms with Crippen LogP contribution in [0.25, 0.3) is 6.08 Å². The highest BCUT2D eigenvalue weighted by atomic mass is 35.5. The Labute approximate surface area is 184 Å². The highest BCUT2D eigenvalue weighted by Crippen LogP contribution is 2.37. The van der Waals surface area contributed by atoms with Gasteiger partial charge in [-0.2, -0.15) is 0 Å². The first-order chi connectivity index (χ1) is 14.9. The molecule has 1 aliphatic heterocycles. The second-order valence-corrected chi connectivity index (χ2v) is 6.60. The molecule has 2 aromatic rings. The van der Waals surface area contributed by atoms with Crippen LogP contribution in [0.2, 0.25) is 5.02 Å². The van der Waals surface area contributed by atoms with E-state index in [1.54, 1.807) is 50.4 Å². The van der Waals surface area contributed by atoms with E-state index < -0.39 is 11.9 Å². The van der Waals surface area contributed by atoms with Gasteiger partial charge in [-0.1, -0.05) is 11.6 Å². The molecule has 0 fully saturated rings. The van der Waals surface area contributed by atoms with Crippen molar-refractivity contribution in [1.82, 2.24) is 0 Å². The SMILES string of the molecule is CCOc1cc(C=C2N=C(c3ccc(OC)cc3)OC2=O)cc(Cl)c1OCC(=O)OC. The van der Waals surface area contributed by atoms with Gasteiger partial charge in [0.2, 0.25) is 5.90 Å². The van der Waals surface area contributed by atoms with E-state index in [9.17, 15) is 9.59 Å². The van der Waals surface area contributed by atoms with E-state index in [1.165, 1.54) is 13.2 Å². The van der Waals surface area contributed by atoms with Crippen molar-refractivity contribution in [2.24, 2.45) is 4.99 Å². The zero-order chi connectivity index (χ0) is 22.4. The second-order valence-electron chi connectivity index (χ2n) is 6.19. The van der Waals surface area contributed by atoms with Crippen LogP contribution in [0, 0.1) is 0 Å². The molecule has 2 aromatic carbocycles. The fraction of sp³-hybridized carbons (Fsp3) is 0.227. The fourth-order valence-corrected chi connectivity index (χ4v) is 2.96. The molecule has 3 rings (SSSR count). The molecular weight excluding hydrogens is 426 g/mol. The first kappa shape index (κ1) is 22.2. The number of carbonyl (C=O) groups is 2. The predicted octanol–water partition coefficient (Wildman–Crippen LogP) is 3.64. The molecule has 0 saturated carbocycles. The summed E-state index contributed by atoms with van der Waals surface area (Å²) in [7, 11) is 2.82. The van der Waals surface area contributed by atoms with Gasteiger partial charge in [-0.05, 0) is 55.0 Å². The highest BCUT2D eigenvalue weighted by molar-refractivity contribution is 6.32. The summed E-state index contributed by atoms with van der Waals surface area (Å²) in [6.07, 6.45) is 1.53. The van der Waals surface area contributed by atoms with E-state index in [1.807, 2.05) is 0 Å². The van der Waals surface area contributed by atoms with Gasteiger partial charge in [0.1, 0.15) is 5.75 Å². The number of hydrogen-bond acceptors (Lipinski definition) is 8. The maximum absolute atomic E-state index is 12.3. The van der Waals surface area contributed by atoms with E-state index in [4.69, 9.17) is 30.5 Å². The summed E-state index contributed by atoms with van der Waals surface area (Å²) in [6, 6.07) is 10.2. The molecule has 0 aromatic heterocycles. The Morgan fingerprint density at radius 3 is 2.55 bits per heavy atom. The molecule has 0 radical (unpaired) electrons. The molecule has 162 valence electrons. The molecular formula is C22H20ClNO7. The van der Waals surface area contributed by atoms with E-state index in [0.29, 0.717) is 29.2 Å². The van der Waals surface area contributed by atoms with E-state index in [-0.39, 0.29) is 29.0 Å². The monoisotopic (exact) mass is 445 g/mol. The van der Waals surface area contributed by atoms with Crippen molar-refractivity contribution in [2.75, 3.05) is 27.4 Å². The van der Waals surface area contributed by atoms with Crippen LogP contribution in [0.4, 0.5) is 0 Å². The third-order valence-electron chi connectivity index (χ3n) is 4.15. The molecule has 0 saturated heterocycles. The molecule has 8 nitrogen and oxygen atoms in total. The van der Waals surface area contributed by atoms with Gasteiger partial charge < -0.3 is 23.7 Å². The van der Waals surface area contributed by atoms with Crippen LogP contribution < -0.4 is 14.2 Å². The third kappa shape index (κ3) is 5.35. The summed E-state index contributed by atoms with van der Waals surface area (Å²) >= 11 is 6.32. The average Bonchev–Trinajstić information content (AvgIpc) is 3.13. The summed E-state index contributed by atoms with van der Waals surface area (Å²) in [4.78, 5) is 27.9. The smallest absolute Gasteiger partial charge is 0.363 e. The number of esters is 2. The van der Waals surface area contributed by atoms with Crippen LogP contribution in [0.3, 0.4) is 0 Å². The number of hydrogen-bond donors (Lipinski definition) is 0. The lowest BCUT2D eigenvalue weighted by atomic mass is 10.1. The standard InChI is InChI=1S/C22H20ClNO7/c1-4-29-18-11-13(9-16(23)20(18)30-12-19(25)28-3)10-17-22(26)31-21(24-17)14-5-7-15(27-2)8-6-14/h5-11H,4,12H2,1-3H3. The Morgan fingerprint density at radius 2 is 1.90 bits per heavy atom. The van der Waals surface area contributed by atoms with Crippen molar-refractivity contribution >= 4 is 35.5 Å². The maximum atomic E-state index is 12.3. The quantitative estimate of drug-likeness (QED) is 0.452. The molecule has 0 bridgehead atoms. The number of methoxy groups -OCH3 is 2. The van der Waals surface area contributed by atoms with Gasteiger partial charge >= 0.3 is 11.9 Å². The normalized spacial score (nSPS) is 14.1. The summed E-state index contributed by atoms with van der Waals surface area (Å²) in [5.41, 5.74) is 1.29. The maximum Gasteiger partial charge on any atom is 0.363 e. The molecule has 0 spiro atoms. The minimum atomic E-state index is -0.592. The van der Waals surface area contributed by atoms with Crippen LogP contribution >= 0.6 is 11.6 Å². The lowest BCUT2D eigenvalue weighted by Crippen LogP contribution is -2.13. The number of carbonyl (C=O) groups excluding carboxylic acids is 2. The summed E-state index contributed by atoms with van der Waals surface area (Å²) < 4.78 is 26.0. The van der Waals surface area contributed by atoms with Gasteiger partial charge in [-0.15, -0.1) is 0 Å². The lowest BCUT2D eigenvalue weighted by molar-refractivity contribution is -0.143. The minimum Gasteiger partial charge on any atom is -0.497 e. The summed E-state index contributed by atoms with van der Waals surface area (Å²) in [5, 5.41) is 0.201. The number of nitrogens with zero attached hydrogens (tertiary/aromatic N) is 1. The number of ether oxygens (including phenoxy) is 5. The minimum absolute atomic E-state index is 0.104. The first-order valence-corrected chi connectivity index (χ1v) is 9.66. The van der Waals surface area contributed by atoms with Gasteiger partial charge in [-0.3, -0.25) is 0 Å². The van der Waals surface area contributed by atoms with Crippen molar-refractivity contribution in [3.63, 3.8) is 0 Å². The molecule has 0 amide bonds. The van der Waals surface area contributed by atoms with E-state index in [2.05, 4.69) is 9.73 Å². The molecule has 0 unspecified atom stereocenters. The van der Waals surface area contributed by atoms with Gasteiger partial charge in [0, 0.05) is 5.56 Å². The van der Waals surface area contributed by atoms with Crippen molar-refractivity contribution in [1.29, 1.82) is 0 Å². The van der Waals surface area contributed by atoms with Crippen LogP contribution in [-0.2, 0) is 19.1 Å². The van der Waals surface area contributed by atoms with Crippen LogP contribution in [-0.4, -0.2) is 45.3 Å². The van der Waals surface area contributed by atoms with Crippen LogP contribution in [0.1, 0.15) is 18.1 Å². The zero-order valence-corrected chi connectivity index (χ0v) is 17.9. The van der Waals surface area contributed by atoms with Crippen molar-refractivity contribution in [3.05, 3.63) is 58.2 Å². The lowest BCUT2D eigenvalue weighted by Gasteiger charge is -2.13. The second kappa shape index (κ2) is 9.99. The molecule has 31 heavy (non-hydrogen) atoms. The average molecular weight is 446 g/mol. The Morgan fingerprint density at radius 1 is 1.16 bits per heavy atom. The molecule has 0 N–H and O–H groups in total. The Bertz CT molecular complexity index is 1040. The molecule has 1 heterocycles. The topological polar surface area (TPSA) is 92.6 Å². The van der Waals surface area contributed by atoms with E-state index >= 15 is 0 Å². The Kier molecular flexibility index (Phi) is 7.15. The summed E-state index contributed by atoms with van der Waals surface area (Å²) in [5.74, 6) is 0.235. The molecule has 0 aliphatic carbocycles. The van der Waals surface area contributed by atoms with Gasteiger partial charge in [0.25, 0.3) is 0 Å². The Hall–Kier alpha value is -3.52. The molecule has 0 atom stereocenters. The largest absolute Gasteiger partial charge is 0.497 e. The van der Waals surface area contributed by atoms with Crippen LogP contribution in [0.15, 0.2) is 47.1 Å². The molecule has 1 aliphatic rings. The van der Waals surface area contributed by atoms with E-state index in [0.717, 1.165) is 0 Å².